The molecule has 0 saturated carbocycles. The fourth-order valence-electron chi connectivity index (χ4n) is 2.48. The SMILES string of the molecule is Cc1cn(CC(=O)OCc2ccccc2)c2ccccc12. The quantitative estimate of drug-likeness (QED) is 0.682. The van der Waals surface area contributed by atoms with Gasteiger partial charge in [-0.25, -0.2) is 0 Å². The van der Waals surface area contributed by atoms with Gasteiger partial charge in [0, 0.05) is 17.1 Å². The molecule has 0 bridgehead atoms. The van der Waals surface area contributed by atoms with Gasteiger partial charge in [0.1, 0.15) is 13.2 Å². The topological polar surface area (TPSA) is 31.2 Å². The summed E-state index contributed by atoms with van der Waals surface area (Å²) in [6, 6.07) is 17.8. The molecule has 1 heterocycles. The number of nitrogens with zero attached hydrogens (tertiary/aromatic N) is 1. The van der Waals surface area contributed by atoms with Gasteiger partial charge in [0.25, 0.3) is 0 Å². The van der Waals surface area contributed by atoms with E-state index >= 15 is 0 Å². The van der Waals surface area contributed by atoms with Gasteiger partial charge in [-0.05, 0) is 24.1 Å². The second-order valence-electron chi connectivity index (χ2n) is 5.10. The van der Waals surface area contributed by atoms with Crippen LogP contribution in [0.3, 0.4) is 0 Å². The molecule has 0 aliphatic heterocycles. The van der Waals surface area contributed by atoms with Gasteiger partial charge in [-0.15, -0.1) is 0 Å². The Balaban J connectivity index is 1.69. The van der Waals surface area contributed by atoms with Crippen molar-refractivity contribution in [3.05, 3.63) is 71.9 Å². The minimum Gasteiger partial charge on any atom is -0.459 e. The Morgan fingerprint density at radius 3 is 2.57 bits per heavy atom. The predicted molar refractivity (Wildman–Crippen MR) is 82.9 cm³/mol. The monoisotopic (exact) mass is 279 g/mol. The van der Waals surface area contributed by atoms with Crippen molar-refractivity contribution in [2.75, 3.05) is 0 Å². The van der Waals surface area contributed by atoms with E-state index in [2.05, 4.69) is 6.07 Å². The lowest BCUT2D eigenvalue weighted by atomic mass is 10.2. The predicted octanol–water partition coefficient (Wildman–Crippen LogP) is 3.69. The molecule has 3 aromatic rings. The van der Waals surface area contributed by atoms with Gasteiger partial charge in [-0.2, -0.15) is 0 Å². The number of fused-ring (bicyclic) bond motifs is 1. The Morgan fingerprint density at radius 1 is 1.05 bits per heavy atom. The van der Waals surface area contributed by atoms with Crippen molar-refractivity contribution < 1.29 is 9.53 Å². The number of hydrogen-bond donors (Lipinski definition) is 0. The number of carbonyl (C=O) groups is 1. The van der Waals surface area contributed by atoms with Gasteiger partial charge >= 0.3 is 5.97 Å². The summed E-state index contributed by atoms with van der Waals surface area (Å²) in [5.74, 6) is -0.223. The van der Waals surface area contributed by atoms with E-state index in [1.165, 1.54) is 10.9 Å². The summed E-state index contributed by atoms with van der Waals surface area (Å²) in [6.07, 6.45) is 1.99. The van der Waals surface area contributed by atoms with E-state index in [4.69, 9.17) is 4.74 Å². The minimum absolute atomic E-state index is 0.223. The zero-order valence-electron chi connectivity index (χ0n) is 12.0. The molecule has 0 amide bonds. The largest absolute Gasteiger partial charge is 0.459 e. The fraction of sp³-hybridized carbons (Fsp3) is 0.167. The van der Waals surface area contributed by atoms with E-state index in [1.54, 1.807) is 0 Å². The zero-order valence-corrected chi connectivity index (χ0v) is 12.0. The summed E-state index contributed by atoms with van der Waals surface area (Å²) in [7, 11) is 0. The van der Waals surface area contributed by atoms with E-state index in [1.807, 2.05) is 66.2 Å². The first-order valence-electron chi connectivity index (χ1n) is 6.98. The van der Waals surface area contributed by atoms with Crippen LogP contribution in [0.2, 0.25) is 0 Å². The smallest absolute Gasteiger partial charge is 0.326 e. The summed E-state index contributed by atoms with van der Waals surface area (Å²) in [6.45, 7) is 2.60. The van der Waals surface area contributed by atoms with Crippen LogP contribution in [0.4, 0.5) is 0 Å². The maximum Gasteiger partial charge on any atom is 0.326 e. The number of hydrogen-bond acceptors (Lipinski definition) is 2. The van der Waals surface area contributed by atoms with E-state index in [0.717, 1.165) is 11.1 Å². The molecule has 3 heteroatoms. The zero-order chi connectivity index (χ0) is 14.7. The van der Waals surface area contributed by atoms with E-state index < -0.39 is 0 Å². The second-order valence-corrected chi connectivity index (χ2v) is 5.10. The highest BCUT2D eigenvalue weighted by molar-refractivity contribution is 5.85. The van der Waals surface area contributed by atoms with Crippen molar-refractivity contribution in [1.82, 2.24) is 4.57 Å². The number of esters is 1. The van der Waals surface area contributed by atoms with Gasteiger partial charge in [-0.1, -0.05) is 48.5 Å². The van der Waals surface area contributed by atoms with Crippen LogP contribution in [0, 0.1) is 6.92 Å². The van der Waals surface area contributed by atoms with Crippen LogP contribution in [0.15, 0.2) is 60.8 Å². The Bertz CT molecular complexity index is 759. The average molecular weight is 279 g/mol. The molecule has 0 saturated heterocycles. The van der Waals surface area contributed by atoms with Crippen LogP contribution in [-0.4, -0.2) is 10.5 Å². The number of carbonyl (C=O) groups excluding carboxylic acids is 1. The first-order chi connectivity index (χ1) is 10.2. The summed E-state index contributed by atoms with van der Waals surface area (Å²) in [4.78, 5) is 12.0. The first-order valence-corrected chi connectivity index (χ1v) is 6.98. The molecule has 0 atom stereocenters. The van der Waals surface area contributed by atoms with Crippen LogP contribution in [0.25, 0.3) is 10.9 Å². The molecular weight excluding hydrogens is 262 g/mol. The lowest BCUT2D eigenvalue weighted by Gasteiger charge is -2.07. The first kappa shape index (κ1) is 13.4. The van der Waals surface area contributed by atoms with Crippen molar-refractivity contribution in [1.29, 1.82) is 0 Å². The highest BCUT2D eigenvalue weighted by Crippen LogP contribution is 2.20. The minimum atomic E-state index is -0.223. The number of aromatic nitrogens is 1. The van der Waals surface area contributed by atoms with Crippen LogP contribution < -0.4 is 0 Å². The highest BCUT2D eigenvalue weighted by Gasteiger charge is 2.09. The number of ether oxygens (including phenoxy) is 1. The lowest BCUT2D eigenvalue weighted by molar-refractivity contribution is -0.145. The molecule has 0 fully saturated rings. The molecule has 106 valence electrons. The molecule has 3 rings (SSSR count). The summed E-state index contributed by atoms with van der Waals surface area (Å²) in [5, 5.41) is 1.17. The molecule has 1 aromatic heterocycles. The summed E-state index contributed by atoms with van der Waals surface area (Å²) < 4.78 is 7.27. The standard InChI is InChI=1S/C18H17NO2/c1-14-11-19(17-10-6-5-9-16(14)17)12-18(20)21-13-15-7-3-2-4-8-15/h2-11H,12-13H2,1H3. The van der Waals surface area contributed by atoms with Crippen molar-refractivity contribution >= 4 is 16.9 Å². The number of rotatable bonds is 4. The van der Waals surface area contributed by atoms with Crippen molar-refractivity contribution in [2.45, 2.75) is 20.1 Å². The van der Waals surface area contributed by atoms with Crippen LogP contribution in [-0.2, 0) is 22.7 Å². The molecule has 3 nitrogen and oxygen atoms in total. The van der Waals surface area contributed by atoms with Gasteiger partial charge in [0.05, 0.1) is 0 Å². The molecule has 2 aromatic carbocycles. The Morgan fingerprint density at radius 2 is 1.76 bits per heavy atom. The third-order valence-corrected chi connectivity index (χ3v) is 3.53. The molecular formula is C18H17NO2. The van der Waals surface area contributed by atoms with Crippen molar-refractivity contribution in [3.8, 4) is 0 Å². The molecule has 0 spiro atoms. The fourth-order valence-corrected chi connectivity index (χ4v) is 2.48. The lowest BCUT2D eigenvalue weighted by Crippen LogP contribution is -2.12. The van der Waals surface area contributed by atoms with Crippen LogP contribution in [0.1, 0.15) is 11.1 Å². The third-order valence-electron chi connectivity index (χ3n) is 3.53. The van der Waals surface area contributed by atoms with Crippen molar-refractivity contribution in [3.63, 3.8) is 0 Å². The Hall–Kier alpha value is -2.55. The summed E-state index contributed by atoms with van der Waals surface area (Å²) in [5.41, 5.74) is 3.23. The van der Waals surface area contributed by atoms with E-state index in [9.17, 15) is 4.79 Å². The molecule has 0 radical (unpaired) electrons. The average Bonchev–Trinajstić information content (AvgIpc) is 2.83. The van der Waals surface area contributed by atoms with E-state index in [0.29, 0.717) is 6.61 Å². The number of aryl methyl sites for hydroxylation is 1. The Labute approximate surface area is 123 Å². The van der Waals surface area contributed by atoms with Gasteiger partial charge < -0.3 is 9.30 Å². The maximum atomic E-state index is 12.0. The van der Waals surface area contributed by atoms with Gasteiger partial charge in [-0.3, -0.25) is 4.79 Å². The van der Waals surface area contributed by atoms with E-state index in [-0.39, 0.29) is 12.5 Å². The summed E-state index contributed by atoms with van der Waals surface area (Å²) >= 11 is 0. The maximum absolute atomic E-state index is 12.0. The number of para-hydroxylation sites is 1. The second kappa shape index (κ2) is 5.83. The molecule has 21 heavy (non-hydrogen) atoms. The molecule has 0 unspecified atom stereocenters. The molecule has 0 aliphatic carbocycles. The van der Waals surface area contributed by atoms with Crippen molar-refractivity contribution in [2.24, 2.45) is 0 Å². The van der Waals surface area contributed by atoms with Crippen LogP contribution >= 0.6 is 0 Å². The molecule has 0 aliphatic rings. The van der Waals surface area contributed by atoms with Gasteiger partial charge in [0.15, 0.2) is 0 Å². The normalized spacial score (nSPS) is 10.7. The highest BCUT2D eigenvalue weighted by atomic mass is 16.5. The van der Waals surface area contributed by atoms with Crippen LogP contribution in [0.5, 0.6) is 0 Å². The third kappa shape index (κ3) is 2.97. The number of benzene rings is 2. The Kier molecular flexibility index (Phi) is 3.73. The molecule has 0 N–H and O–H groups in total. The van der Waals surface area contributed by atoms with Gasteiger partial charge in [0.2, 0.25) is 0 Å².